The van der Waals surface area contributed by atoms with Gasteiger partial charge in [-0.1, -0.05) is 98.8 Å². The first-order chi connectivity index (χ1) is 26.3. The summed E-state index contributed by atoms with van der Waals surface area (Å²) in [6.07, 6.45) is 1.93. The Morgan fingerprint density at radius 2 is 1.53 bits per heavy atom. The fraction of sp³-hybridized carbons (Fsp3) is 0.381. The molecule has 288 valence electrons. The molecule has 8 rings (SSSR count). The van der Waals surface area contributed by atoms with E-state index in [4.69, 9.17) is 28.8 Å². The number of carboxylic acids is 1. The van der Waals surface area contributed by atoms with Crippen LogP contribution in [0.25, 0.3) is 0 Å². The number of aromatic carboxylic acids is 1. The number of carboxylic acid groups (broad SMARTS) is 1. The summed E-state index contributed by atoms with van der Waals surface area (Å²) in [5.74, 6) is -1.34. The maximum absolute atomic E-state index is 14.3. The quantitative estimate of drug-likeness (QED) is 0.0886. The van der Waals surface area contributed by atoms with Gasteiger partial charge in [-0.2, -0.15) is 0 Å². The Kier molecular flexibility index (Phi) is 11.1. The monoisotopic (exact) mass is 766 g/mol. The normalized spacial score (nSPS) is 23.6. The van der Waals surface area contributed by atoms with Crippen molar-refractivity contribution in [2.24, 2.45) is 23.0 Å². The summed E-state index contributed by atoms with van der Waals surface area (Å²) in [7, 11) is -3.23. The molecule has 3 saturated carbocycles. The van der Waals surface area contributed by atoms with Crippen LogP contribution in [0.4, 0.5) is 0 Å². The van der Waals surface area contributed by atoms with Gasteiger partial charge in [0.15, 0.2) is 0 Å². The third-order valence-corrected chi connectivity index (χ3v) is 13.8. The van der Waals surface area contributed by atoms with E-state index in [9.17, 15) is 19.3 Å². The number of carbonyl (C=O) groups excluding carboxylic acids is 1. The molecule has 13 heteroatoms. The second-order valence-electron chi connectivity index (χ2n) is 15.5. The Labute approximate surface area is 322 Å². The first kappa shape index (κ1) is 39.0. The van der Waals surface area contributed by atoms with Crippen LogP contribution in [0.2, 0.25) is 0 Å². The van der Waals surface area contributed by atoms with Gasteiger partial charge in [-0.3, -0.25) is 9.36 Å². The molecule has 1 saturated heterocycles. The van der Waals surface area contributed by atoms with E-state index in [0.717, 1.165) is 24.0 Å². The van der Waals surface area contributed by atoms with E-state index in [0.29, 0.717) is 28.3 Å². The van der Waals surface area contributed by atoms with E-state index in [2.05, 4.69) is 26.1 Å². The maximum atomic E-state index is 14.3. The standard InChI is InChI=1S/C42H48BN2O9P/c1-41(2)31-23-34(41)42(3)35(24-31)53-43(54-42)36(22-30-16-11-17-33(40(47)48)38(30)50-4)45-39(46)37(44)29-18-20-32(21-19-29)55(49,51-25-27-12-7-5-8-13-27)52-26-28-14-9-6-10-15-28/h5-21,31,34-37H,22-26,44H2,1-4H3,(H,45,46)(H,47,48)/t31-,34-,35+,36-,37?,42-/m0/s1. The van der Waals surface area contributed by atoms with E-state index in [1.165, 1.54) is 13.2 Å². The number of ether oxygens (including phenoxy) is 1. The van der Waals surface area contributed by atoms with Crippen molar-refractivity contribution in [3.63, 3.8) is 0 Å². The van der Waals surface area contributed by atoms with Crippen LogP contribution in [0, 0.1) is 17.3 Å². The van der Waals surface area contributed by atoms with Gasteiger partial charge < -0.3 is 39.3 Å². The van der Waals surface area contributed by atoms with Crippen LogP contribution in [-0.4, -0.2) is 48.9 Å². The number of rotatable bonds is 15. The molecular weight excluding hydrogens is 718 g/mol. The summed E-state index contributed by atoms with van der Waals surface area (Å²) in [6, 6.07) is 29.1. The molecule has 1 amide bonds. The molecule has 4 aromatic carbocycles. The Morgan fingerprint density at radius 1 is 0.909 bits per heavy atom. The highest BCUT2D eigenvalue weighted by Crippen LogP contribution is 2.65. The average Bonchev–Trinajstić information content (AvgIpc) is 3.56. The minimum Gasteiger partial charge on any atom is -0.496 e. The third kappa shape index (κ3) is 7.77. The van der Waals surface area contributed by atoms with Crippen molar-refractivity contribution in [3.05, 3.63) is 131 Å². The summed E-state index contributed by atoms with van der Waals surface area (Å²) in [4.78, 5) is 26.1. The van der Waals surface area contributed by atoms with Crippen molar-refractivity contribution in [2.75, 3.05) is 7.11 Å². The molecule has 6 atom stereocenters. The van der Waals surface area contributed by atoms with E-state index < -0.39 is 44.2 Å². The molecule has 2 bridgehead atoms. The number of hydrogen-bond acceptors (Lipinski definition) is 9. The van der Waals surface area contributed by atoms with E-state index >= 15 is 0 Å². The molecule has 11 nitrogen and oxygen atoms in total. The van der Waals surface area contributed by atoms with Gasteiger partial charge >= 0.3 is 20.7 Å². The Hall–Kier alpha value is -4.29. The van der Waals surface area contributed by atoms with Gasteiger partial charge in [0.05, 0.1) is 43.3 Å². The summed E-state index contributed by atoms with van der Waals surface area (Å²) in [6.45, 7) is 6.80. The van der Waals surface area contributed by atoms with Crippen LogP contribution < -0.4 is 21.1 Å². The highest BCUT2D eigenvalue weighted by molar-refractivity contribution is 7.62. The molecular formula is C42H48BN2O9P. The lowest BCUT2D eigenvalue weighted by atomic mass is 9.43. The van der Waals surface area contributed by atoms with Crippen molar-refractivity contribution < 1.29 is 42.4 Å². The van der Waals surface area contributed by atoms with Gasteiger partial charge in [0, 0.05) is 0 Å². The molecule has 4 fully saturated rings. The second-order valence-corrected chi connectivity index (χ2v) is 17.6. The number of amides is 1. The third-order valence-electron chi connectivity index (χ3n) is 11.9. The van der Waals surface area contributed by atoms with Crippen molar-refractivity contribution in [1.29, 1.82) is 0 Å². The molecule has 0 radical (unpaired) electrons. The lowest BCUT2D eigenvalue weighted by Gasteiger charge is -2.64. The molecule has 1 unspecified atom stereocenters. The van der Waals surface area contributed by atoms with Gasteiger partial charge in [-0.05, 0) is 83.9 Å². The zero-order valence-electron chi connectivity index (χ0n) is 31.6. The Morgan fingerprint density at radius 3 is 2.09 bits per heavy atom. The van der Waals surface area contributed by atoms with Gasteiger partial charge in [0.1, 0.15) is 17.4 Å². The van der Waals surface area contributed by atoms with E-state index in [-0.39, 0.29) is 42.5 Å². The maximum Gasteiger partial charge on any atom is 0.482 e. The van der Waals surface area contributed by atoms with E-state index in [1.54, 1.807) is 36.4 Å². The molecule has 4 aromatic rings. The summed E-state index contributed by atoms with van der Waals surface area (Å²) in [5.41, 5.74) is 8.91. The minimum atomic E-state index is -3.83. The zero-order chi connectivity index (χ0) is 39.0. The van der Waals surface area contributed by atoms with Gasteiger partial charge in [0.25, 0.3) is 0 Å². The number of hydrogen-bond donors (Lipinski definition) is 3. The highest BCUT2D eigenvalue weighted by atomic mass is 31.2. The van der Waals surface area contributed by atoms with Crippen LogP contribution in [0.3, 0.4) is 0 Å². The summed E-state index contributed by atoms with van der Waals surface area (Å²) >= 11 is 0. The lowest BCUT2D eigenvalue weighted by Crippen LogP contribution is -2.65. The molecule has 3 aliphatic carbocycles. The molecule has 4 aliphatic rings. The molecule has 0 spiro atoms. The van der Waals surface area contributed by atoms with Gasteiger partial charge in [-0.15, -0.1) is 0 Å². The average molecular weight is 767 g/mol. The highest BCUT2D eigenvalue weighted by Gasteiger charge is 2.68. The first-order valence-electron chi connectivity index (χ1n) is 18.7. The Balaban J connectivity index is 1.12. The largest absolute Gasteiger partial charge is 0.496 e. The van der Waals surface area contributed by atoms with Crippen LogP contribution in [0.1, 0.15) is 72.3 Å². The summed E-state index contributed by atoms with van der Waals surface area (Å²) < 4.78 is 45.3. The van der Waals surface area contributed by atoms with Crippen LogP contribution in [-0.2, 0) is 47.4 Å². The minimum absolute atomic E-state index is 0.0103. The predicted molar refractivity (Wildman–Crippen MR) is 209 cm³/mol. The van der Waals surface area contributed by atoms with Gasteiger partial charge in [0.2, 0.25) is 5.91 Å². The number of benzene rings is 4. The van der Waals surface area contributed by atoms with Crippen LogP contribution in [0.15, 0.2) is 103 Å². The smallest absolute Gasteiger partial charge is 0.482 e. The van der Waals surface area contributed by atoms with E-state index in [1.807, 2.05) is 60.7 Å². The first-order valence-corrected chi connectivity index (χ1v) is 20.2. The molecule has 1 heterocycles. The van der Waals surface area contributed by atoms with Crippen LogP contribution in [0.5, 0.6) is 5.75 Å². The van der Waals surface area contributed by atoms with Crippen molar-refractivity contribution in [3.8, 4) is 5.75 Å². The number of methoxy groups -OCH3 is 1. The molecule has 1 aliphatic heterocycles. The lowest BCUT2D eigenvalue weighted by molar-refractivity contribution is -0.199. The zero-order valence-corrected chi connectivity index (χ0v) is 32.4. The topological polar surface area (TPSA) is 156 Å². The van der Waals surface area contributed by atoms with Crippen molar-refractivity contribution in [2.45, 2.75) is 76.9 Å². The van der Waals surface area contributed by atoms with Crippen molar-refractivity contribution in [1.82, 2.24) is 5.32 Å². The molecule has 4 N–H and O–H groups in total. The molecule has 55 heavy (non-hydrogen) atoms. The second kappa shape index (κ2) is 15.7. The number of para-hydroxylation sites is 1. The number of nitrogens with one attached hydrogen (secondary N) is 1. The fourth-order valence-electron chi connectivity index (χ4n) is 8.62. The van der Waals surface area contributed by atoms with Crippen LogP contribution >= 0.6 is 7.60 Å². The molecule has 0 aromatic heterocycles. The number of carbonyl (C=O) groups is 2. The SMILES string of the molecule is COc1c(C[C@H](NC(=O)C(N)c2ccc(P(=O)(OCc3ccccc3)OCc3ccccc3)cc2)B2O[C@@H]3C[C@@H]4C[C@@H](C4(C)C)[C@]3(C)O2)cccc1C(=O)O. The fourth-order valence-corrected chi connectivity index (χ4v) is 10.1. The predicted octanol–water partition coefficient (Wildman–Crippen LogP) is 6.64. The number of nitrogens with two attached hydrogens (primary N) is 1. The summed E-state index contributed by atoms with van der Waals surface area (Å²) in [5, 5.41) is 13.3. The Bertz CT molecular complexity index is 2000. The van der Waals surface area contributed by atoms with Crippen molar-refractivity contribution >= 4 is 31.9 Å². The van der Waals surface area contributed by atoms with Gasteiger partial charge in [-0.25, -0.2) is 4.79 Å².